The molecule has 0 aliphatic heterocycles. The van der Waals surface area contributed by atoms with Gasteiger partial charge in [0, 0.05) is 6.54 Å². The van der Waals surface area contributed by atoms with Gasteiger partial charge in [-0.2, -0.15) is 13.2 Å². The van der Waals surface area contributed by atoms with Crippen LogP contribution in [0.1, 0.15) is 22.3 Å². The lowest BCUT2D eigenvalue weighted by Gasteiger charge is -2.18. The van der Waals surface area contributed by atoms with Crippen molar-refractivity contribution in [3.05, 3.63) is 34.4 Å². The van der Waals surface area contributed by atoms with E-state index in [0.717, 1.165) is 5.56 Å². The summed E-state index contributed by atoms with van der Waals surface area (Å²) in [4.78, 5) is 1.86. The molecule has 0 radical (unpaired) electrons. The van der Waals surface area contributed by atoms with Crippen LogP contribution in [0, 0.1) is 13.8 Å². The summed E-state index contributed by atoms with van der Waals surface area (Å²) in [5, 5.41) is 0. The van der Waals surface area contributed by atoms with Crippen LogP contribution in [-0.2, 0) is 12.7 Å². The molecule has 0 aromatic heterocycles. The first-order valence-electron chi connectivity index (χ1n) is 5.04. The predicted octanol–water partition coefficient (Wildman–Crippen LogP) is 3.38. The Morgan fingerprint density at radius 1 is 1.12 bits per heavy atom. The van der Waals surface area contributed by atoms with Gasteiger partial charge in [0.15, 0.2) is 0 Å². The van der Waals surface area contributed by atoms with Crippen molar-refractivity contribution in [1.29, 1.82) is 0 Å². The fourth-order valence-corrected chi connectivity index (χ4v) is 1.73. The highest BCUT2D eigenvalue weighted by molar-refractivity contribution is 5.39. The maximum absolute atomic E-state index is 12.7. The summed E-state index contributed by atoms with van der Waals surface area (Å²) in [7, 11) is 3.68. The molecule has 0 fully saturated rings. The number of hydrogen-bond acceptors (Lipinski definition) is 1. The zero-order valence-corrected chi connectivity index (χ0v) is 9.94. The molecule has 1 aromatic carbocycles. The zero-order valence-electron chi connectivity index (χ0n) is 9.94. The first-order valence-corrected chi connectivity index (χ1v) is 5.04. The molecule has 0 aliphatic carbocycles. The number of alkyl halides is 3. The second-order valence-electron chi connectivity index (χ2n) is 4.33. The number of aryl methyl sites for hydroxylation is 1. The number of nitrogens with zero attached hydrogens (tertiary/aromatic N) is 1. The van der Waals surface area contributed by atoms with Crippen LogP contribution in [0.3, 0.4) is 0 Å². The molecule has 0 amide bonds. The Bertz CT molecular complexity index is 381. The van der Waals surface area contributed by atoms with Crippen LogP contribution in [-0.4, -0.2) is 19.0 Å². The molecule has 1 nitrogen and oxygen atoms in total. The van der Waals surface area contributed by atoms with Gasteiger partial charge in [0.2, 0.25) is 0 Å². The van der Waals surface area contributed by atoms with Gasteiger partial charge in [0.1, 0.15) is 0 Å². The SMILES string of the molecule is Cc1cc(CN(C)C)c(C)c(C(F)(F)F)c1. The van der Waals surface area contributed by atoms with E-state index in [1.165, 1.54) is 13.0 Å². The molecular formula is C12H16F3N. The summed E-state index contributed by atoms with van der Waals surface area (Å²) < 4.78 is 38.2. The third-order valence-electron chi connectivity index (χ3n) is 2.45. The quantitative estimate of drug-likeness (QED) is 0.754. The monoisotopic (exact) mass is 231 g/mol. The molecule has 0 bridgehead atoms. The second-order valence-corrected chi connectivity index (χ2v) is 4.33. The van der Waals surface area contributed by atoms with E-state index in [1.807, 2.05) is 25.1 Å². The van der Waals surface area contributed by atoms with E-state index in [1.54, 1.807) is 6.92 Å². The fraction of sp³-hybridized carbons (Fsp3) is 0.500. The molecule has 1 rings (SSSR count). The minimum absolute atomic E-state index is 0.326. The lowest BCUT2D eigenvalue weighted by atomic mass is 9.98. The first-order chi connectivity index (χ1) is 7.21. The van der Waals surface area contributed by atoms with Crippen molar-refractivity contribution < 1.29 is 13.2 Å². The van der Waals surface area contributed by atoms with Crippen LogP contribution in [0.5, 0.6) is 0 Å². The van der Waals surface area contributed by atoms with Crippen molar-refractivity contribution in [3.63, 3.8) is 0 Å². The minimum atomic E-state index is -4.27. The number of hydrogen-bond donors (Lipinski definition) is 0. The Hall–Kier alpha value is -1.03. The van der Waals surface area contributed by atoms with Gasteiger partial charge in [-0.1, -0.05) is 11.6 Å². The third-order valence-corrected chi connectivity index (χ3v) is 2.45. The van der Waals surface area contributed by atoms with Crippen molar-refractivity contribution >= 4 is 0 Å². The first kappa shape index (κ1) is 13.0. The van der Waals surface area contributed by atoms with Crippen molar-refractivity contribution in [3.8, 4) is 0 Å². The average molecular weight is 231 g/mol. The van der Waals surface area contributed by atoms with Gasteiger partial charge in [-0.15, -0.1) is 0 Å². The Labute approximate surface area is 93.9 Å². The van der Waals surface area contributed by atoms with Crippen LogP contribution in [0.25, 0.3) is 0 Å². The Kier molecular flexibility index (Phi) is 3.63. The standard InChI is InChI=1S/C12H16F3N/c1-8-5-10(7-16(3)4)9(2)11(6-8)12(13,14)15/h5-6H,7H2,1-4H3. The van der Waals surface area contributed by atoms with Crippen LogP contribution >= 0.6 is 0 Å². The molecule has 0 atom stereocenters. The van der Waals surface area contributed by atoms with E-state index < -0.39 is 11.7 Å². The summed E-state index contributed by atoms with van der Waals surface area (Å²) in [6, 6.07) is 3.01. The molecule has 0 N–H and O–H groups in total. The van der Waals surface area contributed by atoms with Gasteiger partial charge in [0.25, 0.3) is 0 Å². The molecule has 0 spiro atoms. The summed E-state index contributed by atoms with van der Waals surface area (Å²) in [6.07, 6.45) is -4.27. The Morgan fingerprint density at radius 2 is 1.69 bits per heavy atom. The van der Waals surface area contributed by atoms with Crippen LogP contribution in [0.2, 0.25) is 0 Å². The van der Waals surface area contributed by atoms with Crippen molar-refractivity contribution in [2.24, 2.45) is 0 Å². The fourth-order valence-electron chi connectivity index (χ4n) is 1.73. The summed E-state index contributed by atoms with van der Waals surface area (Å²) in [6.45, 7) is 3.74. The van der Waals surface area contributed by atoms with Crippen molar-refractivity contribution in [2.75, 3.05) is 14.1 Å². The Balaban J connectivity index is 3.26. The lowest BCUT2D eigenvalue weighted by molar-refractivity contribution is -0.138. The minimum Gasteiger partial charge on any atom is -0.305 e. The zero-order chi connectivity index (χ0) is 12.5. The molecule has 0 aliphatic rings. The highest BCUT2D eigenvalue weighted by Gasteiger charge is 2.33. The second kappa shape index (κ2) is 4.45. The molecule has 0 saturated heterocycles. The molecule has 1 aromatic rings. The average Bonchev–Trinajstić information content (AvgIpc) is 2.07. The normalized spacial score (nSPS) is 12.2. The van der Waals surface area contributed by atoms with Gasteiger partial charge in [-0.25, -0.2) is 0 Å². The number of rotatable bonds is 2. The number of benzene rings is 1. The van der Waals surface area contributed by atoms with E-state index in [4.69, 9.17) is 0 Å². The third kappa shape index (κ3) is 2.98. The molecule has 0 heterocycles. The topological polar surface area (TPSA) is 3.24 Å². The van der Waals surface area contributed by atoms with E-state index in [9.17, 15) is 13.2 Å². The van der Waals surface area contributed by atoms with E-state index in [0.29, 0.717) is 17.7 Å². The highest BCUT2D eigenvalue weighted by Crippen LogP contribution is 2.34. The van der Waals surface area contributed by atoms with Gasteiger partial charge < -0.3 is 4.90 Å². The lowest BCUT2D eigenvalue weighted by Crippen LogP contribution is -2.15. The maximum Gasteiger partial charge on any atom is 0.416 e. The predicted molar refractivity (Wildman–Crippen MR) is 58.3 cm³/mol. The van der Waals surface area contributed by atoms with Crippen molar-refractivity contribution in [2.45, 2.75) is 26.6 Å². The van der Waals surface area contributed by atoms with Gasteiger partial charge in [-0.05, 0) is 45.1 Å². The van der Waals surface area contributed by atoms with E-state index in [2.05, 4.69) is 0 Å². The smallest absolute Gasteiger partial charge is 0.305 e. The summed E-state index contributed by atoms with van der Waals surface area (Å²) in [5.41, 5.74) is 1.18. The van der Waals surface area contributed by atoms with E-state index in [-0.39, 0.29) is 0 Å². The van der Waals surface area contributed by atoms with Gasteiger partial charge >= 0.3 is 6.18 Å². The summed E-state index contributed by atoms with van der Waals surface area (Å²) >= 11 is 0. The van der Waals surface area contributed by atoms with Crippen molar-refractivity contribution in [1.82, 2.24) is 4.90 Å². The van der Waals surface area contributed by atoms with E-state index >= 15 is 0 Å². The largest absolute Gasteiger partial charge is 0.416 e. The Morgan fingerprint density at radius 3 is 2.12 bits per heavy atom. The molecule has 16 heavy (non-hydrogen) atoms. The van der Waals surface area contributed by atoms with Crippen LogP contribution in [0.15, 0.2) is 12.1 Å². The molecule has 0 unspecified atom stereocenters. The van der Waals surface area contributed by atoms with Gasteiger partial charge in [0.05, 0.1) is 5.56 Å². The van der Waals surface area contributed by atoms with Gasteiger partial charge in [-0.3, -0.25) is 0 Å². The molecule has 4 heteroatoms. The molecule has 90 valence electrons. The summed E-state index contributed by atoms with van der Waals surface area (Å²) in [5.74, 6) is 0. The van der Waals surface area contributed by atoms with Crippen LogP contribution < -0.4 is 0 Å². The highest BCUT2D eigenvalue weighted by atomic mass is 19.4. The molecule has 0 saturated carbocycles. The maximum atomic E-state index is 12.7. The number of halogens is 3. The van der Waals surface area contributed by atoms with Crippen LogP contribution in [0.4, 0.5) is 13.2 Å². The molecular weight excluding hydrogens is 215 g/mol.